The normalized spacial score (nSPS) is 15.3. The van der Waals surface area contributed by atoms with Gasteiger partial charge in [-0.2, -0.15) is 4.31 Å². The molecule has 0 atom stereocenters. The van der Waals surface area contributed by atoms with Crippen LogP contribution in [0.2, 0.25) is 5.02 Å². The van der Waals surface area contributed by atoms with Crippen molar-refractivity contribution in [1.29, 1.82) is 0 Å². The molecule has 7 heteroatoms. The van der Waals surface area contributed by atoms with Gasteiger partial charge >= 0.3 is 5.97 Å². The third kappa shape index (κ3) is 3.86. The summed E-state index contributed by atoms with van der Waals surface area (Å²) in [5.41, 5.74) is 1.19. The van der Waals surface area contributed by atoms with E-state index in [-0.39, 0.29) is 15.5 Å². The first-order valence-corrected chi connectivity index (χ1v) is 9.78. The van der Waals surface area contributed by atoms with Crippen LogP contribution in [0.3, 0.4) is 0 Å². The minimum absolute atomic E-state index is 0.0607. The number of benzene rings is 2. The Bertz CT molecular complexity index is 888. The van der Waals surface area contributed by atoms with Crippen molar-refractivity contribution in [3.05, 3.63) is 58.6 Å². The molecule has 1 heterocycles. The summed E-state index contributed by atoms with van der Waals surface area (Å²) < 4.78 is 32.1. The third-order valence-corrected chi connectivity index (χ3v) is 6.46. The van der Waals surface area contributed by atoms with Gasteiger partial charge in [0.2, 0.25) is 10.0 Å². The number of carbonyl (C=O) groups is 1. The lowest BCUT2D eigenvalue weighted by Gasteiger charge is -2.17. The van der Waals surface area contributed by atoms with Crippen molar-refractivity contribution >= 4 is 27.6 Å². The number of hydrogen-bond donors (Lipinski definition) is 0. The summed E-state index contributed by atoms with van der Waals surface area (Å²) in [5, 5.41) is 0.0961. The van der Waals surface area contributed by atoms with Crippen LogP contribution >= 0.6 is 11.6 Å². The fraction of sp³-hybridized carbons (Fsp3) is 0.278. The molecule has 0 radical (unpaired) electrons. The van der Waals surface area contributed by atoms with Gasteiger partial charge in [0, 0.05) is 13.1 Å². The van der Waals surface area contributed by atoms with Crippen LogP contribution in [0.15, 0.2) is 47.4 Å². The predicted octanol–water partition coefficient (Wildman–Crippen LogP) is 3.65. The smallest absolute Gasteiger partial charge is 0.343 e. The van der Waals surface area contributed by atoms with Crippen LogP contribution in [0, 0.1) is 6.92 Å². The molecule has 1 aliphatic rings. The number of esters is 1. The minimum Gasteiger partial charge on any atom is -0.423 e. The Morgan fingerprint density at radius 1 is 1.08 bits per heavy atom. The van der Waals surface area contributed by atoms with Crippen molar-refractivity contribution in [3.8, 4) is 5.75 Å². The van der Waals surface area contributed by atoms with Crippen molar-refractivity contribution in [2.75, 3.05) is 13.1 Å². The van der Waals surface area contributed by atoms with E-state index in [1.807, 2.05) is 19.1 Å². The number of sulfonamides is 1. The molecule has 0 saturated carbocycles. The molecule has 1 fully saturated rings. The van der Waals surface area contributed by atoms with Gasteiger partial charge in [0.05, 0.1) is 10.6 Å². The number of hydrogen-bond acceptors (Lipinski definition) is 4. The maximum atomic E-state index is 12.7. The second-order valence-electron chi connectivity index (χ2n) is 5.96. The summed E-state index contributed by atoms with van der Waals surface area (Å²) in [6, 6.07) is 11.2. The fourth-order valence-electron chi connectivity index (χ4n) is 2.67. The number of carbonyl (C=O) groups excluding carboxylic acids is 1. The summed E-state index contributed by atoms with van der Waals surface area (Å²) in [6.45, 7) is 2.87. The quantitative estimate of drug-likeness (QED) is 0.600. The molecule has 2 aromatic rings. The van der Waals surface area contributed by atoms with Crippen LogP contribution in [0.4, 0.5) is 0 Å². The van der Waals surface area contributed by atoms with Crippen molar-refractivity contribution in [1.82, 2.24) is 4.31 Å². The Balaban J connectivity index is 1.88. The van der Waals surface area contributed by atoms with Crippen LogP contribution in [0.5, 0.6) is 5.75 Å². The Morgan fingerprint density at radius 2 is 1.72 bits per heavy atom. The molecule has 1 saturated heterocycles. The number of ether oxygens (including phenoxy) is 1. The zero-order chi connectivity index (χ0) is 18.0. The molecule has 3 rings (SSSR count). The van der Waals surface area contributed by atoms with Gasteiger partial charge in [-0.15, -0.1) is 0 Å². The maximum absolute atomic E-state index is 12.7. The van der Waals surface area contributed by atoms with E-state index in [1.54, 1.807) is 12.1 Å². The number of nitrogens with zero attached hydrogens (tertiary/aromatic N) is 1. The molecule has 0 unspecified atom stereocenters. The topological polar surface area (TPSA) is 63.7 Å². The maximum Gasteiger partial charge on any atom is 0.343 e. The number of rotatable bonds is 4. The summed E-state index contributed by atoms with van der Waals surface area (Å²) in [6.07, 6.45) is 1.65. The second kappa shape index (κ2) is 7.15. The first-order chi connectivity index (χ1) is 11.9. The number of aryl methyl sites for hydroxylation is 1. The first-order valence-electron chi connectivity index (χ1n) is 7.96. The lowest BCUT2D eigenvalue weighted by molar-refractivity contribution is 0.0734. The molecule has 2 aromatic carbocycles. The van der Waals surface area contributed by atoms with Crippen molar-refractivity contribution < 1.29 is 17.9 Å². The van der Waals surface area contributed by atoms with Gasteiger partial charge in [-0.25, -0.2) is 13.2 Å². The third-order valence-electron chi connectivity index (χ3n) is 4.08. The molecule has 0 aliphatic carbocycles. The van der Waals surface area contributed by atoms with Gasteiger partial charge in [-0.1, -0.05) is 29.3 Å². The zero-order valence-corrected chi connectivity index (χ0v) is 15.3. The highest BCUT2D eigenvalue weighted by atomic mass is 35.5. The van der Waals surface area contributed by atoms with E-state index in [1.165, 1.54) is 22.5 Å². The molecule has 5 nitrogen and oxygen atoms in total. The second-order valence-corrected chi connectivity index (χ2v) is 8.27. The van der Waals surface area contributed by atoms with E-state index in [2.05, 4.69) is 0 Å². The van der Waals surface area contributed by atoms with E-state index >= 15 is 0 Å². The van der Waals surface area contributed by atoms with E-state index in [0.717, 1.165) is 18.4 Å². The molecule has 0 amide bonds. The molecule has 0 N–H and O–H groups in total. The first kappa shape index (κ1) is 17.9. The van der Waals surface area contributed by atoms with Gasteiger partial charge in [-0.05, 0) is 50.1 Å². The standard InChI is InChI=1S/C18H18ClNO4S/c1-13-4-7-15(8-5-13)24-18(21)14-6-9-16(19)17(12-14)25(22,23)20-10-2-3-11-20/h4-9,12H,2-3,10-11H2,1H3. The van der Waals surface area contributed by atoms with Crippen molar-refractivity contribution in [2.24, 2.45) is 0 Å². The molecule has 0 aromatic heterocycles. The van der Waals surface area contributed by atoms with Gasteiger partial charge in [0.15, 0.2) is 0 Å². The summed E-state index contributed by atoms with van der Waals surface area (Å²) in [5.74, 6) is -0.229. The SMILES string of the molecule is Cc1ccc(OC(=O)c2ccc(Cl)c(S(=O)(=O)N3CCCC3)c2)cc1. The van der Waals surface area contributed by atoms with E-state index in [9.17, 15) is 13.2 Å². The lowest BCUT2D eigenvalue weighted by Crippen LogP contribution is -2.28. The number of halogens is 1. The van der Waals surface area contributed by atoms with E-state index < -0.39 is 16.0 Å². The molecular formula is C18H18ClNO4S. The summed E-state index contributed by atoms with van der Waals surface area (Å²) >= 11 is 6.08. The predicted molar refractivity (Wildman–Crippen MR) is 95.6 cm³/mol. The Labute approximate surface area is 152 Å². The Morgan fingerprint density at radius 3 is 2.36 bits per heavy atom. The largest absolute Gasteiger partial charge is 0.423 e. The molecular weight excluding hydrogens is 362 g/mol. The highest BCUT2D eigenvalue weighted by molar-refractivity contribution is 7.89. The molecule has 1 aliphatic heterocycles. The zero-order valence-electron chi connectivity index (χ0n) is 13.7. The molecule has 25 heavy (non-hydrogen) atoms. The molecule has 0 spiro atoms. The fourth-order valence-corrected chi connectivity index (χ4v) is 4.69. The minimum atomic E-state index is -3.71. The lowest BCUT2D eigenvalue weighted by atomic mass is 10.2. The molecule has 132 valence electrons. The summed E-state index contributed by atoms with van der Waals surface area (Å²) in [4.78, 5) is 12.3. The van der Waals surface area contributed by atoms with Crippen LogP contribution in [0.25, 0.3) is 0 Å². The Hall–Kier alpha value is -1.89. The van der Waals surface area contributed by atoms with E-state index in [0.29, 0.717) is 18.8 Å². The van der Waals surface area contributed by atoms with Gasteiger partial charge in [-0.3, -0.25) is 0 Å². The van der Waals surface area contributed by atoms with Crippen LogP contribution in [-0.2, 0) is 10.0 Å². The van der Waals surface area contributed by atoms with Gasteiger partial charge in [0.25, 0.3) is 0 Å². The average Bonchev–Trinajstić information content (AvgIpc) is 3.12. The van der Waals surface area contributed by atoms with Crippen LogP contribution in [0.1, 0.15) is 28.8 Å². The van der Waals surface area contributed by atoms with E-state index in [4.69, 9.17) is 16.3 Å². The summed E-state index contributed by atoms with van der Waals surface area (Å²) in [7, 11) is -3.71. The molecule has 0 bridgehead atoms. The highest BCUT2D eigenvalue weighted by Gasteiger charge is 2.30. The van der Waals surface area contributed by atoms with Crippen molar-refractivity contribution in [3.63, 3.8) is 0 Å². The van der Waals surface area contributed by atoms with Crippen molar-refractivity contribution in [2.45, 2.75) is 24.7 Å². The van der Waals surface area contributed by atoms with Gasteiger partial charge < -0.3 is 4.74 Å². The van der Waals surface area contributed by atoms with Crippen LogP contribution in [-0.4, -0.2) is 31.8 Å². The van der Waals surface area contributed by atoms with Crippen LogP contribution < -0.4 is 4.74 Å². The monoisotopic (exact) mass is 379 g/mol. The Kier molecular flexibility index (Phi) is 5.13. The van der Waals surface area contributed by atoms with Gasteiger partial charge in [0.1, 0.15) is 10.6 Å². The average molecular weight is 380 g/mol. The highest BCUT2D eigenvalue weighted by Crippen LogP contribution is 2.28.